The highest BCUT2D eigenvalue weighted by Crippen LogP contribution is 2.37. The Labute approximate surface area is 181 Å². The van der Waals surface area contributed by atoms with Crippen LogP contribution in [0.5, 0.6) is 0 Å². The first-order chi connectivity index (χ1) is 14.1. The number of hydrogen-bond donors (Lipinski definition) is 1. The zero-order valence-electron chi connectivity index (χ0n) is 16.5. The number of hydrogen-bond acceptors (Lipinski definition) is 4. The number of Topliss-reactive ketones (excluding diaryl/α,β-unsaturated/α-hetero) is 1. The van der Waals surface area contributed by atoms with Gasteiger partial charge in [-0.15, -0.1) is 11.3 Å². The number of aromatic nitrogens is 2. The van der Waals surface area contributed by atoms with E-state index in [1.54, 1.807) is 30.1 Å². The molecule has 3 aromatic rings. The lowest BCUT2D eigenvalue weighted by Crippen LogP contribution is -2.22. The lowest BCUT2D eigenvalue weighted by molar-refractivity contribution is -0.138. The summed E-state index contributed by atoms with van der Waals surface area (Å²) in [6.07, 6.45) is -2.74. The fraction of sp³-hybridized carbons (Fsp3) is 0.333. The van der Waals surface area contributed by atoms with Gasteiger partial charge in [0.05, 0.1) is 32.2 Å². The summed E-state index contributed by atoms with van der Waals surface area (Å²) < 4.78 is 41.4. The highest BCUT2D eigenvalue weighted by molar-refractivity contribution is 7.17. The molecule has 0 amide bonds. The molecule has 0 aliphatic heterocycles. The molecule has 4 nitrogen and oxygen atoms in total. The normalized spacial score (nSPS) is 12.9. The van der Waals surface area contributed by atoms with E-state index in [0.29, 0.717) is 9.90 Å². The third-order valence-electron chi connectivity index (χ3n) is 4.94. The quantitative estimate of drug-likeness (QED) is 0.477. The van der Waals surface area contributed by atoms with Gasteiger partial charge >= 0.3 is 6.18 Å². The van der Waals surface area contributed by atoms with Gasteiger partial charge in [-0.1, -0.05) is 29.8 Å². The molecule has 0 unspecified atom stereocenters. The minimum atomic E-state index is -4.44. The summed E-state index contributed by atoms with van der Waals surface area (Å²) >= 11 is 7.52. The molecular weight excluding hydrogens is 435 g/mol. The molecule has 0 spiro atoms. The zero-order valence-corrected chi connectivity index (χ0v) is 18.0. The van der Waals surface area contributed by atoms with Crippen molar-refractivity contribution < 1.29 is 18.0 Å². The highest BCUT2D eigenvalue weighted by Gasteiger charge is 2.33. The van der Waals surface area contributed by atoms with Gasteiger partial charge in [0, 0.05) is 13.5 Å². The van der Waals surface area contributed by atoms with Crippen LogP contribution in [0.2, 0.25) is 5.02 Å². The van der Waals surface area contributed by atoms with Gasteiger partial charge < -0.3 is 5.73 Å². The average molecular weight is 456 g/mol. The lowest BCUT2D eigenvalue weighted by atomic mass is 9.91. The summed E-state index contributed by atoms with van der Waals surface area (Å²) in [5.74, 6) is -0.542. The number of rotatable bonds is 7. The van der Waals surface area contributed by atoms with Crippen molar-refractivity contribution in [3.05, 3.63) is 63.1 Å². The van der Waals surface area contributed by atoms with Crippen molar-refractivity contribution in [2.75, 3.05) is 6.54 Å². The Hall–Kier alpha value is -2.16. The number of nitrogens with two attached hydrogens (primary N) is 1. The molecule has 9 heteroatoms. The minimum absolute atomic E-state index is 0.0706. The third-order valence-corrected chi connectivity index (χ3v) is 6.50. The van der Waals surface area contributed by atoms with E-state index >= 15 is 0 Å². The van der Waals surface area contributed by atoms with Crippen molar-refractivity contribution in [3.63, 3.8) is 0 Å². The summed E-state index contributed by atoms with van der Waals surface area (Å²) in [6.45, 7) is 1.99. The molecule has 3 rings (SSSR count). The molecule has 0 fully saturated rings. The summed E-state index contributed by atoms with van der Waals surface area (Å²) in [6, 6.07) is 7.19. The number of halogens is 4. The van der Waals surface area contributed by atoms with Crippen LogP contribution in [0, 0.1) is 12.8 Å². The predicted molar refractivity (Wildman–Crippen MR) is 113 cm³/mol. The van der Waals surface area contributed by atoms with Crippen LogP contribution in [-0.4, -0.2) is 22.1 Å². The first-order valence-corrected chi connectivity index (χ1v) is 10.5. The van der Waals surface area contributed by atoms with E-state index in [9.17, 15) is 18.0 Å². The lowest BCUT2D eigenvalue weighted by Gasteiger charge is -2.17. The number of thiophene rings is 1. The molecule has 2 heterocycles. The molecule has 0 radical (unpaired) electrons. The molecule has 0 bridgehead atoms. The number of benzene rings is 1. The van der Waals surface area contributed by atoms with E-state index in [2.05, 4.69) is 5.10 Å². The van der Waals surface area contributed by atoms with Crippen molar-refractivity contribution in [2.24, 2.45) is 18.7 Å². The van der Waals surface area contributed by atoms with E-state index in [-0.39, 0.29) is 30.7 Å². The standard InChI is InChI=1S/C21H21ClF3N3OS/c1-12-7-18(30-20(12)19-16(22)11-27-28(19)2)17(29)9-13(10-26)8-14-5-3-4-6-15(14)21(23,24)25/h3-7,11,13H,8-10,26H2,1-2H3/t13-/m1/s1. The molecule has 1 atom stereocenters. The van der Waals surface area contributed by atoms with Crippen LogP contribution >= 0.6 is 22.9 Å². The van der Waals surface area contributed by atoms with E-state index in [0.717, 1.165) is 22.2 Å². The Balaban J connectivity index is 1.80. The van der Waals surface area contributed by atoms with Gasteiger partial charge in [0.1, 0.15) is 0 Å². The molecule has 0 aliphatic carbocycles. The number of nitrogens with zero attached hydrogens (tertiary/aromatic N) is 2. The number of aryl methyl sites for hydroxylation is 2. The maximum absolute atomic E-state index is 13.3. The second-order valence-electron chi connectivity index (χ2n) is 7.18. The monoisotopic (exact) mass is 455 g/mol. The van der Waals surface area contributed by atoms with Crippen molar-refractivity contribution >= 4 is 28.7 Å². The largest absolute Gasteiger partial charge is 0.416 e. The Morgan fingerprint density at radius 2 is 2.03 bits per heavy atom. The van der Waals surface area contributed by atoms with Crippen LogP contribution in [0.15, 0.2) is 36.5 Å². The fourth-order valence-electron chi connectivity index (χ4n) is 3.41. The fourth-order valence-corrected chi connectivity index (χ4v) is 4.94. The predicted octanol–water partition coefficient (Wildman–Crippen LogP) is 5.52. The van der Waals surface area contributed by atoms with Gasteiger partial charge in [-0.25, -0.2) is 0 Å². The molecule has 0 saturated heterocycles. The van der Waals surface area contributed by atoms with Crippen LogP contribution in [0.4, 0.5) is 13.2 Å². The Morgan fingerprint density at radius 1 is 1.33 bits per heavy atom. The number of carbonyl (C=O) groups is 1. The van der Waals surface area contributed by atoms with Crippen LogP contribution in [-0.2, 0) is 19.6 Å². The van der Waals surface area contributed by atoms with Crippen LogP contribution in [0.3, 0.4) is 0 Å². The molecule has 2 aromatic heterocycles. The molecule has 1 aromatic carbocycles. The first kappa shape index (κ1) is 22.5. The van der Waals surface area contributed by atoms with Crippen LogP contribution in [0.1, 0.15) is 32.8 Å². The van der Waals surface area contributed by atoms with Gasteiger partial charge in [0.15, 0.2) is 5.78 Å². The Kier molecular flexibility index (Phi) is 6.69. The maximum Gasteiger partial charge on any atom is 0.416 e. The molecular formula is C21H21ClF3N3OS. The number of ketones is 1. The van der Waals surface area contributed by atoms with E-state index in [1.807, 2.05) is 6.92 Å². The first-order valence-electron chi connectivity index (χ1n) is 9.28. The maximum atomic E-state index is 13.3. The second kappa shape index (κ2) is 8.91. The smallest absolute Gasteiger partial charge is 0.330 e. The van der Waals surface area contributed by atoms with E-state index in [4.69, 9.17) is 17.3 Å². The molecule has 30 heavy (non-hydrogen) atoms. The topological polar surface area (TPSA) is 60.9 Å². The Bertz CT molecular complexity index is 1040. The Morgan fingerprint density at radius 3 is 2.63 bits per heavy atom. The molecule has 0 saturated carbocycles. The summed E-state index contributed by atoms with van der Waals surface area (Å²) in [7, 11) is 1.77. The SMILES string of the molecule is Cc1cc(C(=O)C[C@H](CN)Cc2ccccc2C(F)(F)F)sc1-c1c(Cl)cnn1C. The van der Waals surface area contributed by atoms with Crippen LogP contribution in [0.25, 0.3) is 10.6 Å². The molecule has 2 N–H and O–H groups in total. The third kappa shape index (κ3) is 4.77. The van der Waals surface area contributed by atoms with E-state index in [1.165, 1.54) is 23.5 Å². The van der Waals surface area contributed by atoms with Gasteiger partial charge in [0.25, 0.3) is 0 Å². The van der Waals surface area contributed by atoms with Gasteiger partial charge in [-0.05, 0) is 49.1 Å². The van der Waals surface area contributed by atoms with Crippen molar-refractivity contribution in [2.45, 2.75) is 25.9 Å². The van der Waals surface area contributed by atoms with Crippen molar-refractivity contribution in [1.82, 2.24) is 9.78 Å². The average Bonchev–Trinajstić information content (AvgIpc) is 3.22. The molecule has 0 aliphatic rings. The van der Waals surface area contributed by atoms with Gasteiger partial charge in [-0.2, -0.15) is 18.3 Å². The zero-order chi connectivity index (χ0) is 22.1. The van der Waals surface area contributed by atoms with Gasteiger partial charge in [-0.3, -0.25) is 9.48 Å². The molecule has 160 valence electrons. The summed E-state index contributed by atoms with van der Waals surface area (Å²) in [4.78, 5) is 14.2. The minimum Gasteiger partial charge on any atom is -0.330 e. The highest BCUT2D eigenvalue weighted by atomic mass is 35.5. The van der Waals surface area contributed by atoms with Crippen LogP contribution < -0.4 is 5.73 Å². The van der Waals surface area contributed by atoms with Crippen molar-refractivity contribution in [3.8, 4) is 10.6 Å². The second-order valence-corrected chi connectivity index (χ2v) is 8.63. The van der Waals surface area contributed by atoms with Crippen molar-refractivity contribution in [1.29, 1.82) is 0 Å². The number of alkyl halides is 3. The summed E-state index contributed by atoms with van der Waals surface area (Å²) in [5, 5.41) is 4.61. The summed E-state index contributed by atoms with van der Waals surface area (Å²) in [5.41, 5.74) is 6.88. The van der Waals surface area contributed by atoms with Gasteiger partial charge in [0.2, 0.25) is 0 Å². The number of carbonyl (C=O) groups excluding carboxylic acids is 1. The van der Waals surface area contributed by atoms with E-state index < -0.39 is 17.7 Å².